The van der Waals surface area contributed by atoms with Crippen LogP contribution in [0.5, 0.6) is 0 Å². The summed E-state index contributed by atoms with van der Waals surface area (Å²) in [7, 11) is 0. The number of aromatic nitrogens is 3. The number of aliphatic imine (C=N–C) groups is 1. The second-order valence-electron chi connectivity index (χ2n) is 5.64. The van der Waals surface area contributed by atoms with Crippen molar-refractivity contribution in [2.45, 2.75) is 19.8 Å². The topological polar surface area (TPSA) is 92.4 Å². The molecule has 3 N–H and O–H groups in total. The van der Waals surface area contributed by atoms with Gasteiger partial charge in [-0.3, -0.25) is 5.41 Å². The van der Waals surface area contributed by atoms with E-state index in [-0.39, 0.29) is 23.8 Å². The van der Waals surface area contributed by atoms with Gasteiger partial charge in [-0.15, -0.1) is 0 Å². The van der Waals surface area contributed by atoms with Gasteiger partial charge in [0.25, 0.3) is 6.43 Å². The molecule has 0 aliphatic rings. The molecule has 3 aromatic rings. The van der Waals surface area contributed by atoms with Crippen LogP contribution in [0.25, 0.3) is 5.65 Å². The van der Waals surface area contributed by atoms with E-state index in [0.717, 1.165) is 0 Å². The number of nitrogens with zero attached hydrogens (tertiary/aromatic N) is 4. The predicted octanol–water partition coefficient (Wildman–Crippen LogP) is 2.72. The maximum absolute atomic E-state index is 14.0. The standard InChI is InChI=1S/C17H15F3N6/c1-9-7-26-8-13(15(21)25-16(22)14(19)20)24-12(17(26)23-9)6-10-4-2-3-5-11(10)18/h2-5,7-8,14H,6H2,1H3,(H3,21,22,25). The Morgan fingerprint density at radius 2 is 2.00 bits per heavy atom. The van der Waals surface area contributed by atoms with E-state index in [0.29, 0.717) is 22.6 Å². The summed E-state index contributed by atoms with van der Waals surface area (Å²) < 4.78 is 40.6. The number of halogens is 3. The van der Waals surface area contributed by atoms with Crippen molar-refractivity contribution in [3.8, 4) is 0 Å². The molecule has 0 fully saturated rings. The van der Waals surface area contributed by atoms with Gasteiger partial charge >= 0.3 is 0 Å². The van der Waals surface area contributed by atoms with Gasteiger partial charge in [0, 0.05) is 18.8 Å². The summed E-state index contributed by atoms with van der Waals surface area (Å²) in [5.41, 5.74) is 7.87. The maximum Gasteiger partial charge on any atom is 0.296 e. The molecule has 26 heavy (non-hydrogen) atoms. The van der Waals surface area contributed by atoms with E-state index < -0.39 is 12.3 Å². The molecule has 0 aliphatic heterocycles. The van der Waals surface area contributed by atoms with Crippen LogP contribution >= 0.6 is 0 Å². The van der Waals surface area contributed by atoms with Crippen LogP contribution in [0.4, 0.5) is 13.2 Å². The highest BCUT2D eigenvalue weighted by Gasteiger charge is 2.15. The number of rotatable bonds is 4. The van der Waals surface area contributed by atoms with E-state index in [2.05, 4.69) is 15.0 Å². The zero-order valence-corrected chi connectivity index (χ0v) is 13.7. The average Bonchev–Trinajstić information content (AvgIpc) is 2.97. The predicted molar refractivity (Wildman–Crippen MR) is 91.4 cm³/mol. The van der Waals surface area contributed by atoms with Crippen molar-refractivity contribution in [3.63, 3.8) is 0 Å². The van der Waals surface area contributed by atoms with Crippen molar-refractivity contribution in [1.82, 2.24) is 14.4 Å². The number of imidazole rings is 1. The van der Waals surface area contributed by atoms with Gasteiger partial charge in [-0.1, -0.05) is 18.2 Å². The van der Waals surface area contributed by atoms with Crippen LogP contribution in [0.15, 0.2) is 41.7 Å². The Balaban J connectivity index is 2.10. The van der Waals surface area contributed by atoms with Crippen LogP contribution in [0.3, 0.4) is 0 Å². The molecule has 0 bridgehead atoms. The Bertz CT molecular complexity index is 1010. The first-order valence-corrected chi connectivity index (χ1v) is 7.65. The number of aryl methyl sites for hydroxylation is 1. The molecule has 0 amide bonds. The van der Waals surface area contributed by atoms with Crippen LogP contribution in [0, 0.1) is 18.2 Å². The minimum absolute atomic E-state index is 0.103. The molecule has 0 saturated carbocycles. The fourth-order valence-electron chi connectivity index (χ4n) is 2.48. The molecule has 9 heteroatoms. The van der Waals surface area contributed by atoms with Gasteiger partial charge in [0.1, 0.15) is 11.5 Å². The summed E-state index contributed by atoms with van der Waals surface area (Å²) in [6.07, 6.45) is 0.292. The van der Waals surface area contributed by atoms with Crippen molar-refractivity contribution in [2.24, 2.45) is 10.7 Å². The van der Waals surface area contributed by atoms with Gasteiger partial charge in [-0.25, -0.2) is 28.1 Å². The Morgan fingerprint density at radius 1 is 1.27 bits per heavy atom. The van der Waals surface area contributed by atoms with E-state index in [1.54, 1.807) is 35.7 Å². The quantitative estimate of drug-likeness (QED) is 0.553. The van der Waals surface area contributed by atoms with Crippen LogP contribution in [0.1, 0.15) is 22.6 Å². The molecule has 3 rings (SSSR count). The number of nitrogens with one attached hydrogen (secondary N) is 1. The third-order valence-electron chi connectivity index (χ3n) is 3.65. The number of nitrogens with two attached hydrogens (primary N) is 1. The van der Waals surface area contributed by atoms with E-state index in [1.807, 2.05) is 0 Å². The number of hydrogen-bond acceptors (Lipinski definition) is 3. The van der Waals surface area contributed by atoms with Gasteiger partial charge in [-0.05, 0) is 18.6 Å². The lowest BCUT2D eigenvalue weighted by molar-refractivity contribution is 0.223. The van der Waals surface area contributed by atoms with E-state index >= 15 is 0 Å². The molecular weight excluding hydrogens is 345 g/mol. The first-order chi connectivity index (χ1) is 12.3. The molecule has 0 atom stereocenters. The Labute approximate surface area is 146 Å². The van der Waals surface area contributed by atoms with Crippen LogP contribution in [-0.4, -0.2) is 32.5 Å². The zero-order chi connectivity index (χ0) is 18.8. The van der Waals surface area contributed by atoms with Gasteiger partial charge in [-0.2, -0.15) is 0 Å². The number of hydrogen-bond donors (Lipinski definition) is 2. The first-order valence-electron chi connectivity index (χ1n) is 7.65. The first kappa shape index (κ1) is 17.6. The van der Waals surface area contributed by atoms with E-state index in [9.17, 15) is 13.2 Å². The monoisotopic (exact) mass is 360 g/mol. The van der Waals surface area contributed by atoms with Crippen molar-refractivity contribution >= 4 is 17.3 Å². The molecule has 2 heterocycles. The summed E-state index contributed by atoms with van der Waals surface area (Å²) in [6.45, 7) is 1.78. The Morgan fingerprint density at radius 3 is 2.69 bits per heavy atom. The number of amidine groups is 2. The van der Waals surface area contributed by atoms with Crippen molar-refractivity contribution in [1.29, 1.82) is 5.41 Å². The fraction of sp³-hybridized carbons (Fsp3) is 0.176. The lowest BCUT2D eigenvalue weighted by Gasteiger charge is -2.08. The van der Waals surface area contributed by atoms with E-state index in [1.165, 1.54) is 12.3 Å². The molecular formula is C17H15F3N6. The molecule has 2 aromatic heterocycles. The highest BCUT2D eigenvalue weighted by atomic mass is 19.3. The molecule has 6 nitrogen and oxygen atoms in total. The second kappa shape index (κ2) is 6.95. The third-order valence-corrected chi connectivity index (χ3v) is 3.65. The Kier molecular flexibility index (Phi) is 4.70. The van der Waals surface area contributed by atoms with Crippen molar-refractivity contribution in [3.05, 3.63) is 65.1 Å². The molecule has 0 aliphatic carbocycles. The lowest BCUT2D eigenvalue weighted by Crippen LogP contribution is -2.21. The van der Waals surface area contributed by atoms with Crippen LogP contribution in [0.2, 0.25) is 0 Å². The number of alkyl halides is 2. The van der Waals surface area contributed by atoms with Crippen molar-refractivity contribution < 1.29 is 13.2 Å². The van der Waals surface area contributed by atoms with Crippen LogP contribution < -0.4 is 5.73 Å². The Hall–Kier alpha value is -3.23. The maximum atomic E-state index is 14.0. The third kappa shape index (κ3) is 3.56. The van der Waals surface area contributed by atoms with Crippen molar-refractivity contribution in [2.75, 3.05) is 0 Å². The molecule has 0 radical (unpaired) electrons. The SMILES string of the molecule is Cc1cn2cc(/C(N)=N/C(=N)C(F)F)nc(Cc3ccccc3F)c2n1. The highest BCUT2D eigenvalue weighted by Crippen LogP contribution is 2.17. The zero-order valence-electron chi connectivity index (χ0n) is 13.7. The van der Waals surface area contributed by atoms with Crippen LogP contribution in [-0.2, 0) is 6.42 Å². The van der Waals surface area contributed by atoms with Gasteiger partial charge < -0.3 is 10.1 Å². The summed E-state index contributed by atoms with van der Waals surface area (Å²) in [5, 5.41) is 7.14. The number of benzene rings is 1. The minimum Gasteiger partial charge on any atom is -0.382 e. The largest absolute Gasteiger partial charge is 0.382 e. The molecule has 0 spiro atoms. The molecule has 134 valence electrons. The molecule has 0 unspecified atom stereocenters. The number of fused-ring (bicyclic) bond motifs is 1. The van der Waals surface area contributed by atoms with E-state index in [4.69, 9.17) is 11.1 Å². The lowest BCUT2D eigenvalue weighted by atomic mass is 10.1. The molecule has 0 saturated heterocycles. The fourth-order valence-corrected chi connectivity index (χ4v) is 2.48. The van der Waals surface area contributed by atoms with Gasteiger partial charge in [0.2, 0.25) is 0 Å². The summed E-state index contributed by atoms with van der Waals surface area (Å²) in [4.78, 5) is 12.1. The van der Waals surface area contributed by atoms with Gasteiger partial charge in [0.05, 0.1) is 11.4 Å². The second-order valence-corrected chi connectivity index (χ2v) is 5.64. The normalized spacial score (nSPS) is 12.1. The highest BCUT2D eigenvalue weighted by molar-refractivity contribution is 6.04. The summed E-state index contributed by atoms with van der Waals surface area (Å²) in [6, 6.07) is 6.25. The minimum atomic E-state index is -3.04. The average molecular weight is 360 g/mol. The van der Waals surface area contributed by atoms with Gasteiger partial charge in [0.15, 0.2) is 17.3 Å². The smallest absolute Gasteiger partial charge is 0.296 e. The summed E-state index contributed by atoms with van der Waals surface area (Å²) in [5.74, 6) is -1.86. The molecule has 1 aromatic carbocycles. The summed E-state index contributed by atoms with van der Waals surface area (Å²) >= 11 is 0.